The maximum atomic E-state index is 11.9. The van der Waals surface area contributed by atoms with Gasteiger partial charge in [-0.15, -0.1) is 0 Å². The maximum Gasteiger partial charge on any atom is 0.176 e. The molecule has 0 heterocycles. The molecule has 1 rings (SSSR count). The van der Waals surface area contributed by atoms with Crippen LogP contribution in [-0.4, -0.2) is 30.3 Å². The van der Waals surface area contributed by atoms with Crippen LogP contribution in [-0.2, 0) is 0 Å². The Kier molecular flexibility index (Phi) is 5.79. The lowest BCUT2D eigenvalue weighted by Crippen LogP contribution is -2.30. The monoisotopic (exact) mass is 219 g/mol. The molecule has 1 aromatic carbocycles. The van der Waals surface area contributed by atoms with Gasteiger partial charge in [-0.1, -0.05) is 50.6 Å². The van der Waals surface area contributed by atoms with Gasteiger partial charge in [-0.3, -0.25) is 9.69 Å². The van der Waals surface area contributed by atoms with Gasteiger partial charge in [0.2, 0.25) is 0 Å². The molecule has 0 aliphatic rings. The van der Waals surface area contributed by atoms with Crippen LogP contribution in [0.15, 0.2) is 30.3 Å². The first kappa shape index (κ1) is 12.9. The lowest BCUT2D eigenvalue weighted by atomic mass is 10.1. The Hall–Kier alpha value is -1.15. The van der Waals surface area contributed by atoms with Gasteiger partial charge in [0, 0.05) is 5.56 Å². The van der Waals surface area contributed by atoms with E-state index in [1.54, 1.807) is 0 Å². The Balaban J connectivity index is 2.49. The number of nitrogens with zero attached hydrogens (tertiary/aromatic N) is 1. The molecule has 0 bridgehead atoms. The summed E-state index contributed by atoms with van der Waals surface area (Å²) in [5.41, 5.74) is 0.817. The van der Waals surface area contributed by atoms with E-state index in [0.717, 1.165) is 25.1 Å². The van der Waals surface area contributed by atoms with Crippen LogP contribution < -0.4 is 0 Å². The third-order valence-corrected chi connectivity index (χ3v) is 2.74. The Morgan fingerprint density at radius 3 is 2.44 bits per heavy atom. The van der Waals surface area contributed by atoms with Crippen LogP contribution in [0, 0.1) is 0 Å². The number of Topliss-reactive ketones (excluding diaryl/α,β-unsaturated/α-hetero) is 1. The lowest BCUT2D eigenvalue weighted by Gasteiger charge is -2.18. The first-order valence-electron chi connectivity index (χ1n) is 6.08. The molecule has 0 aliphatic carbocycles. The summed E-state index contributed by atoms with van der Waals surface area (Å²) >= 11 is 0. The van der Waals surface area contributed by atoms with E-state index in [1.165, 1.54) is 6.42 Å². The molecule has 0 spiro atoms. The summed E-state index contributed by atoms with van der Waals surface area (Å²) in [5, 5.41) is 0. The number of ketones is 1. The minimum absolute atomic E-state index is 0.221. The molecule has 88 valence electrons. The number of hydrogen-bond acceptors (Lipinski definition) is 2. The van der Waals surface area contributed by atoms with Crippen molar-refractivity contribution in [1.82, 2.24) is 4.90 Å². The van der Waals surface area contributed by atoms with Gasteiger partial charge in [-0.2, -0.15) is 0 Å². The molecular formula is C14H21NO. The molecule has 0 saturated heterocycles. The van der Waals surface area contributed by atoms with Crippen LogP contribution in [0.5, 0.6) is 0 Å². The minimum Gasteiger partial charge on any atom is -0.296 e. The summed E-state index contributed by atoms with van der Waals surface area (Å²) in [5.74, 6) is 0.221. The van der Waals surface area contributed by atoms with Crippen LogP contribution in [0.25, 0.3) is 0 Å². The van der Waals surface area contributed by atoms with Crippen molar-refractivity contribution in [1.29, 1.82) is 0 Å². The van der Waals surface area contributed by atoms with Gasteiger partial charge in [0.25, 0.3) is 0 Å². The number of rotatable bonds is 7. The van der Waals surface area contributed by atoms with E-state index >= 15 is 0 Å². The Bertz CT molecular complexity index is 308. The summed E-state index contributed by atoms with van der Waals surface area (Å²) in [6.07, 6.45) is 2.34. The third kappa shape index (κ3) is 4.15. The van der Waals surface area contributed by atoms with E-state index < -0.39 is 0 Å². The average Bonchev–Trinajstić information content (AvgIpc) is 2.35. The fraction of sp³-hybridized carbons (Fsp3) is 0.500. The van der Waals surface area contributed by atoms with Gasteiger partial charge in [-0.25, -0.2) is 0 Å². The zero-order chi connectivity index (χ0) is 11.8. The number of benzene rings is 1. The highest BCUT2D eigenvalue weighted by atomic mass is 16.1. The molecule has 0 fully saturated rings. The van der Waals surface area contributed by atoms with E-state index in [4.69, 9.17) is 0 Å². The first-order chi connectivity index (χ1) is 7.77. The van der Waals surface area contributed by atoms with E-state index in [0.29, 0.717) is 6.54 Å². The lowest BCUT2D eigenvalue weighted by molar-refractivity contribution is 0.0933. The highest BCUT2D eigenvalue weighted by molar-refractivity contribution is 5.97. The Morgan fingerprint density at radius 1 is 1.19 bits per heavy atom. The second kappa shape index (κ2) is 7.18. The second-order valence-electron chi connectivity index (χ2n) is 4.01. The molecule has 0 saturated carbocycles. The minimum atomic E-state index is 0.221. The fourth-order valence-corrected chi connectivity index (χ4v) is 1.65. The fourth-order valence-electron chi connectivity index (χ4n) is 1.65. The molecule has 2 nitrogen and oxygen atoms in total. The van der Waals surface area contributed by atoms with E-state index in [2.05, 4.69) is 18.7 Å². The topological polar surface area (TPSA) is 20.3 Å². The predicted octanol–water partition coefficient (Wildman–Crippen LogP) is 2.99. The molecular weight excluding hydrogens is 198 g/mol. The molecule has 16 heavy (non-hydrogen) atoms. The van der Waals surface area contributed by atoms with Gasteiger partial charge in [0.05, 0.1) is 6.54 Å². The van der Waals surface area contributed by atoms with Crippen molar-refractivity contribution < 1.29 is 4.79 Å². The molecule has 0 radical (unpaired) electrons. The Morgan fingerprint density at radius 2 is 1.88 bits per heavy atom. The van der Waals surface area contributed by atoms with Crippen molar-refractivity contribution in [3.8, 4) is 0 Å². The van der Waals surface area contributed by atoms with Gasteiger partial charge >= 0.3 is 0 Å². The Labute approximate surface area is 98.3 Å². The van der Waals surface area contributed by atoms with E-state index in [-0.39, 0.29) is 5.78 Å². The highest BCUT2D eigenvalue weighted by Crippen LogP contribution is 2.03. The first-order valence-corrected chi connectivity index (χ1v) is 6.08. The number of hydrogen-bond donors (Lipinski definition) is 0. The van der Waals surface area contributed by atoms with Gasteiger partial charge < -0.3 is 0 Å². The van der Waals surface area contributed by atoms with Crippen molar-refractivity contribution in [2.45, 2.75) is 26.7 Å². The van der Waals surface area contributed by atoms with Crippen molar-refractivity contribution in [3.63, 3.8) is 0 Å². The SMILES string of the molecule is CCCCN(CC)CC(=O)c1ccccc1. The van der Waals surface area contributed by atoms with E-state index in [1.807, 2.05) is 30.3 Å². The van der Waals surface area contributed by atoms with Crippen molar-refractivity contribution in [3.05, 3.63) is 35.9 Å². The largest absolute Gasteiger partial charge is 0.296 e. The average molecular weight is 219 g/mol. The molecule has 0 amide bonds. The second-order valence-corrected chi connectivity index (χ2v) is 4.01. The summed E-state index contributed by atoms with van der Waals surface area (Å²) in [7, 11) is 0. The smallest absolute Gasteiger partial charge is 0.176 e. The molecule has 1 aromatic rings. The van der Waals surface area contributed by atoms with Crippen molar-refractivity contribution in [2.24, 2.45) is 0 Å². The number of carbonyl (C=O) groups is 1. The van der Waals surface area contributed by atoms with Gasteiger partial charge in [-0.05, 0) is 19.5 Å². The number of unbranched alkanes of at least 4 members (excludes halogenated alkanes) is 1. The van der Waals surface area contributed by atoms with Crippen LogP contribution in [0.1, 0.15) is 37.0 Å². The summed E-state index contributed by atoms with van der Waals surface area (Å²) in [6, 6.07) is 9.53. The maximum absolute atomic E-state index is 11.9. The van der Waals surface area contributed by atoms with Crippen molar-refractivity contribution in [2.75, 3.05) is 19.6 Å². The van der Waals surface area contributed by atoms with Crippen LogP contribution in [0.2, 0.25) is 0 Å². The van der Waals surface area contributed by atoms with Crippen LogP contribution in [0.4, 0.5) is 0 Å². The van der Waals surface area contributed by atoms with Crippen LogP contribution in [0.3, 0.4) is 0 Å². The van der Waals surface area contributed by atoms with Gasteiger partial charge in [0.15, 0.2) is 5.78 Å². The molecule has 2 heteroatoms. The standard InChI is InChI=1S/C14H21NO/c1-3-5-11-15(4-2)12-14(16)13-9-7-6-8-10-13/h6-10H,3-5,11-12H2,1-2H3. The quantitative estimate of drug-likeness (QED) is 0.657. The summed E-state index contributed by atoms with van der Waals surface area (Å²) < 4.78 is 0. The summed E-state index contributed by atoms with van der Waals surface area (Å²) in [4.78, 5) is 14.1. The third-order valence-electron chi connectivity index (χ3n) is 2.74. The predicted molar refractivity (Wildman–Crippen MR) is 67.8 cm³/mol. The molecule has 0 unspecified atom stereocenters. The molecule has 0 N–H and O–H groups in total. The number of carbonyl (C=O) groups excluding carboxylic acids is 1. The van der Waals surface area contributed by atoms with Crippen molar-refractivity contribution >= 4 is 5.78 Å². The summed E-state index contributed by atoms with van der Waals surface area (Å²) in [6.45, 7) is 6.78. The molecule has 0 aromatic heterocycles. The zero-order valence-corrected chi connectivity index (χ0v) is 10.3. The molecule has 0 aliphatic heterocycles. The van der Waals surface area contributed by atoms with E-state index in [9.17, 15) is 4.79 Å². The number of likely N-dealkylation sites (N-methyl/N-ethyl adjacent to an activating group) is 1. The molecule has 0 atom stereocenters. The highest BCUT2D eigenvalue weighted by Gasteiger charge is 2.09. The van der Waals surface area contributed by atoms with Crippen LogP contribution >= 0.6 is 0 Å². The zero-order valence-electron chi connectivity index (χ0n) is 10.3. The van der Waals surface area contributed by atoms with Gasteiger partial charge in [0.1, 0.15) is 0 Å². The normalized spacial score (nSPS) is 10.7.